The van der Waals surface area contributed by atoms with E-state index in [0.717, 1.165) is 5.56 Å². The number of halogens is 1. The monoisotopic (exact) mass is 482 g/mol. The molecule has 5 aromatic rings. The molecule has 11 heteroatoms. The number of hydrogen-bond acceptors (Lipinski definition) is 8. The van der Waals surface area contributed by atoms with Crippen LogP contribution in [0.4, 0.5) is 15.9 Å². The number of carbonyl (C=O) groups excluding carboxylic acids is 1. The SMILES string of the molecule is C=CC(=O)Nc1ccc(-c2nn3ncnc(N)c3c2-c2ccc(Oc3ncc(C)cn3)c(F)c2)cc1. The Morgan fingerprint density at radius 1 is 1.11 bits per heavy atom. The number of nitrogens with two attached hydrogens (primary N) is 1. The molecule has 0 unspecified atom stereocenters. The molecule has 0 spiro atoms. The van der Waals surface area contributed by atoms with E-state index >= 15 is 4.39 Å². The van der Waals surface area contributed by atoms with Gasteiger partial charge in [0, 0.05) is 29.2 Å². The number of fused-ring (bicyclic) bond motifs is 1. The number of nitrogens with one attached hydrogen (secondary N) is 1. The molecule has 36 heavy (non-hydrogen) atoms. The van der Waals surface area contributed by atoms with Gasteiger partial charge in [-0.25, -0.2) is 19.3 Å². The minimum atomic E-state index is -0.625. The Morgan fingerprint density at radius 2 is 1.83 bits per heavy atom. The van der Waals surface area contributed by atoms with Gasteiger partial charge in [0.05, 0.1) is 0 Å². The molecule has 5 rings (SSSR count). The number of nitrogen functional groups attached to an aromatic ring is 1. The van der Waals surface area contributed by atoms with Crippen molar-refractivity contribution in [1.82, 2.24) is 29.8 Å². The van der Waals surface area contributed by atoms with Crippen LogP contribution in [-0.2, 0) is 4.79 Å². The molecule has 0 aliphatic carbocycles. The summed E-state index contributed by atoms with van der Waals surface area (Å²) in [5.74, 6) is -0.803. The number of anilines is 2. The number of nitrogens with zero attached hydrogens (tertiary/aromatic N) is 6. The molecule has 3 aromatic heterocycles. The van der Waals surface area contributed by atoms with Crippen molar-refractivity contribution in [3.05, 3.63) is 85.2 Å². The summed E-state index contributed by atoms with van der Waals surface area (Å²) in [5.41, 5.74) is 10.2. The van der Waals surface area contributed by atoms with Crippen LogP contribution in [0.15, 0.2) is 73.8 Å². The molecule has 0 fully saturated rings. The lowest BCUT2D eigenvalue weighted by Gasteiger charge is -2.09. The van der Waals surface area contributed by atoms with Crippen LogP contribution in [0.25, 0.3) is 27.9 Å². The molecule has 0 saturated carbocycles. The van der Waals surface area contributed by atoms with Gasteiger partial charge in [-0.3, -0.25) is 4.79 Å². The van der Waals surface area contributed by atoms with Crippen molar-refractivity contribution in [3.8, 4) is 34.1 Å². The van der Waals surface area contributed by atoms with Crippen molar-refractivity contribution >= 4 is 22.9 Å². The molecule has 3 heterocycles. The second-order valence-corrected chi connectivity index (χ2v) is 7.77. The van der Waals surface area contributed by atoms with E-state index in [0.29, 0.717) is 33.6 Å². The van der Waals surface area contributed by atoms with Gasteiger partial charge in [0.1, 0.15) is 17.5 Å². The third-order valence-electron chi connectivity index (χ3n) is 5.26. The lowest BCUT2D eigenvalue weighted by molar-refractivity contribution is -0.111. The largest absolute Gasteiger partial charge is 0.421 e. The van der Waals surface area contributed by atoms with Crippen molar-refractivity contribution in [2.24, 2.45) is 0 Å². The van der Waals surface area contributed by atoms with E-state index in [-0.39, 0.29) is 23.5 Å². The summed E-state index contributed by atoms with van der Waals surface area (Å²) in [5, 5.41) is 11.4. The van der Waals surface area contributed by atoms with Gasteiger partial charge >= 0.3 is 6.01 Å². The summed E-state index contributed by atoms with van der Waals surface area (Å²) in [6.07, 6.45) is 5.63. The van der Waals surface area contributed by atoms with Gasteiger partial charge in [-0.05, 0) is 48.4 Å². The Bertz CT molecular complexity index is 1600. The zero-order chi connectivity index (χ0) is 25.2. The molecule has 2 aromatic carbocycles. The van der Waals surface area contributed by atoms with Gasteiger partial charge in [-0.2, -0.15) is 0 Å². The summed E-state index contributed by atoms with van der Waals surface area (Å²) >= 11 is 0. The van der Waals surface area contributed by atoms with Crippen LogP contribution in [-0.4, -0.2) is 35.7 Å². The van der Waals surface area contributed by atoms with Crippen LogP contribution >= 0.6 is 0 Å². The van der Waals surface area contributed by atoms with Crippen LogP contribution in [0.5, 0.6) is 11.8 Å². The number of rotatable bonds is 6. The first-order chi connectivity index (χ1) is 17.4. The minimum absolute atomic E-state index is 0.0326. The van der Waals surface area contributed by atoms with Gasteiger partial charge in [0.25, 0.3) is 0 Å². The smallest absolute Gasteiger partial charge is 0.321 e. The third kappa shape index (κ3) is 4.32. The number of hydrogen-bond donors (Lipinski definition) is 2. The molecule has 0 aliphatic rings. The van der Waals surface area contributed by atoms with Crippen molar-refractivity contribution in [2.75, 3.05) is 11.1 Å². The Labute approximate surface area is 204 Å². The summed E-state index contributed by atoms with van der Waals surface area (Å²) in [6, 6.07) is 11.5. The molecule has 3 N–H and O–H groups in total. The average Bonchev–Trinajstić information content (AvgIpc) is 3.28. The fraction of sp³-hybridized carbons (Fsp3) is 0.0400. The zero-order valence-corrected chi connectivity index (χ0v) is 19.0. The number of aryl methyl sites for hydroxylation is 1. The summed E-state index contributed by atoms with van der Waals surface area (Å²) in [4.78, 5) is 23.8. The quantitative estimate of drug-likeness (QED) is 0.344. The Morgan fingerprint density at radius 3 is 2.53 bits per heavy atom. The first-order valence-electron chi connectivity index (χ1n) is 10.7. The summed E-state index contributed by atoms with van der Waals surface area (Å²) < 4.78 is 22.0. The lowest BCUT2D eigenvalue weighted by Crippen LogP contribution is -2.06. The Hall–Kier alpha value is -5.19. The zero-order valence-electron chi connectivity index (χ0n) is 19.0. The molecule has 0 bridgehead atoms. The molecular formula is C25H19FN8O2. The number of amides is 1. The van der Waals surface area contributed by atoms with Gasteiger partial charge in [0.15, 0.2) is 17.4 Å². The number of aromatic nitrogens is 6. The standard InChI is InChI=1S/C25H19FN8O2/c1-3-20(35)32-17-7-4-15(5-8-17)22-21(23-24(27)30-13-31-34(23)33-22)16-6-9-19(18(26)10-16)36-25-28-11-14(2)12-29-25/h3-13H,1H2,2H3,(H,32,35)(H2,27,30,31). The third-order valence-corrected chi connectivity index (χ3v) is 5.26. The van der Waals surface area contributed by atoms with Gasteiger partial charge in [-0.1, -0.05) is 24.8 Å². The van der Waals surface area contributed by atoms with Gasteiger partial charge < -0.3 is 15.8 Å². The van der Waals surface area contributed by atoms with E-state index in [4.69, 9.17) is 10.5 Å². The fourth-order valence-corrected chi connectivity index (χ4v) is 3.57. The van der Waals surface area contributed by atoms with Crippen LogP contribution in [0.3, 0.4) is 0 Å². The lowest BCUT2D eigenvalue weighted by atomic mass is 9.99. The highest BCUT2D eigenvalue weighted by atomic mass is 19.1. The van der Waals surface area contributed by atoms with Crippen LogP contribution < -0.4 is 15.8 Å². The Kier molecular flexibility index (Phi) is 5.79. The van der Waals surface area contributed by atoms with E-state index in [1.54, 1.807) is 42.7 Å². The summed E-state index contributed by atoms with van der Waals surface area (Å²) in [6.45, 7) is 5.28. The van der Waals surface area contributed by atoms with Crippen molar-refractivity contribution in [3.63, 3.8) is 0 Å². The number of ether oxygens (including phenoxy) is 1. The maximum absolute atomic E-state index is 15.1. The highest BCUT2D eigenvalue weighted by Gasteiger charge is 2.21. The predicted molar refractivity (Wildman–Crippen MR) is 132 cm³/mol. The van der Waals surface area contributed by atoms with E-state index in [1.807, 2.05) is 6.92 Å². The maximum Gasteiger partial charge on any atom is 0.321 e. The van der Waals surface area contributed by atoms with Crippen LogP contribution in [0.1, 0.15) is 5.56 Å². The molecule has 10 nitrogen and oxygen atoms in total. The van der Waals surface area contributed by atoms with Gasteiger partial charge in [0.2, 0.25) is 5.91 Å². The highest BCUT2D eigenvalue weighted by Crippen LogP contribution is 2.38. The molecule has 0 saturated heterocycles. The fourth-order valence-electron chi connectivity index (χ4n) is 3.57. The van der Waals surface area contributed by atoms with Crippen molar-refractivity contribution < 1.29 is 13.9 Å². The second-order valence-electron chi connectivity index (χ2n) is 7.77. The minimum Gasteiger partial charge on any atom is -0.421 e. The molecule has 1 amide bonds. The average molecular weight is 482 g/mol. The van der Waals surface area contributed by atoms with E-state index < -0.39 is 5.82 Å². The first kappa shape index (κ1) is 22.6. The van der Waals surface area contributed by atoms with E-state index in [9.17, 15) is 4.79 Å². The molecule has 0 atom stereocenters. The number of benzene rings is 2. The van der Waals surface area contributed by atoms with Crippen LogP contribution in [0, 0.1) is 12.7 Å². The topological polar surface area (TPSA) is 133 Å². The molecule has 0 aliphatic heterocycles. The molecule has 178 valence electrons. The van der Waals surface area contributed by atoms with E-state index in [1.165, 1.54) is 29.2 Å². The number of carbonyl (C=O) groups is 1. The summed E-state index contributed by atoms with van der Waals surface area (Å²) in [7, 11) is 0. The van der Waals surface area contributed by atoms with Crippen molar-refractivity contribution in [1.29, 1.82) is 0 Å². The van der Waals surface area contributed by atoms with Crippen molar-refractivity contribution in [2.45, 2.75) is 6.92 Å². The van der Waals surface area contributed by atoms with Crippen LogP contribution in [0.2, 0.25) is 0 Å². The Balaban J connectivity index is 1.58. The second kappa shape index (κ2) is 9.22. The first-order valence-corrected chi connectivity index (χ1v) is 10.7. The van der Waals surface area contributed by atoms with Gasteiger partial charge in [-0.15, -0.1) is 14.8 Å². The molecule has 0 radical (unpaired) electrons. The maximum atomic E-state index is 15.1. The van der Waals surface area contributed by atoms with E-state index in [2.05, 4.69) is 37.0 Å². The normalized spacial score (nSPS) is 10.8. The predicted octanol–water partition coefficient (Wildman–Crippen LogP) is 4.19. The highest BCUT2D eigenvalue weighted by molar-refractivity contribution is 5.99. The molecular weight excluding hydrogens is 463 g/mol.